The molecule has 0 spiro atoms. The highest BCUT2D eigenvalue weighted by Gasteiger charge is 2.67. The molecule has 2 aromatic carbocycles. The van der Waals surface area contributed by atoms with Crippen molar-refractivity contribution in [3.8, 4) is 23.0 Å². The molecule has 0 aliphatic heterocycles. The van der Waals surface area contributed by atoms with E-state index in [1.165, 1.54) is 18.5 Å². The molecule has 3 aromatic heterocycles. The number of hydrogen-bond donors (Lipinski definition) is 2. The number of carbonyl (C=O) groups excluding carboxylic acids is 2. The number of halogens is 5. The molecule has 58 heavy (non-hydrogen) atoms. The van der Waals surface area contributed by atoms with Gasteiger partial charge in [0.2, 0.25) is 0 Å². The minimum absolute atomic E-state index is 0.133. The number of aromatic nitrogens is 5. The van der Waals surface area contributed by atoms with Crippen LogP contribution in [0.5, 0.6) is 0 Å². The van der Waals surface area contributed by atoms with E-state index in [0.717, 1.165) is 30.2 Å². The Morgan fingerprint density at radius 2 is 1.81 bits per heavy atom. The van der Waals surface area contributed by atoms with Gasteiger partial charge >= 0.3 is 6.09 Å². The second-order valence-electron chi connectivity index (χ2n) is 15.3. The monoisotopic (exact) mass is 840 g/mol. The van der Waals surface area contributed by atoms with Crippen molar-refractivity contribution in [3.05, 3.63) is 93.0 Å². The molecule has 18 heteroatoms. The Hall–Kier alpha value is -5.31. The summed E-state index contributed by atoms with van der Waals surface area (Å²) in [5.74, 6) is -3.26. The van der Waals surface area contributed by atoms with Gasteiger partial charge in [-0.15, -0.1) is 0 Å². The summed E-state index contributed by atoms with van der Waals surface area (Å²) in [5.41, 5.74) is 0.242. The van der Waals surface area contributed by atoms with Crippen LogP contribution in [0.1, 0.15) is 72.4 Å². The van der Waals surface area contributed by atoms with Crippen molar-refractivity contribution in [2.24, 2.45) is 13.0 Å². The van der Waals surface area contributed by atoms with Gasteiger partial charge in [-0.1, -0.05) is 23.6 Å². The van der Waals surface area contributed by atoms with Gasteiger partial charge in [0.15, 0.2) is 21.4 Å². The summed E-state index contributed by atoms with van der Waals surface area (Å²) in [6, 6.07) is 9.36. The Bertz CT molecular complexity index is 2680. The highest BCUT2D eigenvalue weighted by atomic mass is 35.5. The Labute approximate surface area is 335 Å². The van der Waals surface area contributed by atoms with Crippen LogP contribution in [0.2, 0.25) is 5.02 Å². The number of fused-ring (bicyclic) bond motifs is 4. The second-order valence-corrected chi connectivity index (χ2v) is 17.8. The second kappa shape index (κ2) is 14.8. The highest BCUT2D eigenvalue weighted by molar-refractivity contribution is 7.89. The Kier molecular flexibility index (Phi) is 10.4. The zero-order valence-corrected chi connectivity index (χ0v) is 33.4. The lowest BCUT2D eigenvalue weighted by molar-refractivity contribution is -0.120. The standard InChI is InChI=1S/C40H37ClF4N6O6S/c1-39(2,54)11-10-24-6-7-26(27-8-9-30(41)33-31(19-58(5,55)56)48-50(3)35(27)33)34(46-24)21(12-20-13-22(42)16-23(43)14-20)15-25(52)18-51-36-32(28-17-29(28)40(36,44)45)37(49-51)47-38(53)57-4/h6-9,13-14,16,21,28-29,54H,12,15,17-19H2,1-5H3,(H,47,49,53)/t21-,28+,29-/m1/s1. The quantitative estimate of drug-likeness (QED) is 0.108. The number of alkyl halides is 2. The number of nitrogens with zero attached hydrogens (tertiary/aromatic N) is 5. The van der Waals surface area contributed by atoms with E-state index in [-0.39, 0.29) is 51.9 Å². The number of Topliss-reactive ketones (excluding diaryl/α,β-unsaturated/α-hetero) is 1. The first kappa shape index (κ1) is 40.9. The molecule has 0 saturated heterocycles. The van der Waals surface area contributed by atoms with E-state index in [1.807, 2.05) is 0 Å². The number of carbonyl (C=O) groups is 2. The third kappa shape index (κ3) is 8.18. The number of amides is 1. The third-order valence-corrected chi connectivity index (χ3v) is 11.2. The number of rotatable bonds is 11. The van der Waals surface area contributed by atoms with Gasteiger partial charge in [0, 0.05) is 59.7 Å². The molecule has 2 aliphatic rings. The van der Waals surface area contributed by atoms with Crippen LogP contribution in [0.4, 0.5) is 28.2 Å². The van der Waals surface area contributed by atoms with Crippen LogP contribution in [-0.2, 0) is 51.1 Å². The summed E-state index contributed by atoms with van der Waals surface area (Å²) in [6.45, 7) is 2.30. The molecule has 304 valence electrons. The number of ether oxygens (including phenoxy) is 1. The molecule has 1 saturated carbocycles. The number of benzene rings is 2. The first-order chi connectivity index (χ1) is 27.1. The summed E-state index contributed by atoms with van der Waals surface area (Å²) < 4.78 is 92.3. The lowest BCUT2D eigenvalue weighted by Gasteiger charge is -2.21. The van der Waals surface area contributed by atoms with Crippen molar-refractivity contribution in [3.63, 3.8) is 0 Å². The van der Waals surface area contributed by atoms with E-state index < -0.39 is 87.0 Å². The van der Waals surface area contributed by atoms with Crippen molar-refractivity contribution in [2.45, 2.75) is 68.8 Å². The predicted molar refractivity (Wildman–Crippen MR) is 206 cm³/mol. The van der Waals surface area contributed by atoms with Gasteiger partial charge in [0.1, 0.15) is 35.2 Å². The summed E-state index contributed by atoms with van der Waals surface area (Å²) in [6.07, 6.45) is -0.248. The SMILES string of the molecule is COC(=O)Nc1nn(CC(=O)C[C@@H](Cc2cc(F)cc(F)c2)c2nc(C#CC(C)(C)O)ccc2-c2ccc(Cl)c3c(CS(C)(=O)=O)nn(C)c23)c2c1[C@H]1C[C@H]1C2(F)F. The normalized spacial score (nSPS) is 17.3. The first-order valence-corrected chi connectivity index (χ1v) is 20.5. The Morgan fingerprint density at radius 3 is 2.47 bits per heavy atom. The Balaban J connectivity index is 1.38. The lowest BCUT2D eigenvalue weighted by Crippen LogP contribution is -2.24. The average Bonchev–Trinajstić information content (AvgIpc) is 3.67. The topological polar surface area (TPSA) is 158 Å². The third-order valence-electron chi connectivity index (χ3n) is 10.0. The van der Waals surface area contributed by atoms with Crippen LogP contribution in [0.25, 0.3) is 22.0 Å². The van der Waals surface area contributed by atoms with Crippen LogP contribution >= 0.6 is 11.6 Å². The predicted octanol–water partition coefficient (Wildman–Crippen LogP) is 6.80. The number of nitrogens with one attached hydrogen (secondary N) is 1. The van der Waals surface area contributed by atoms with E-state index in [1.54, 1.807) is 31.3 Å². The van der Waals surface area contributed by atoms with Crippen molar-refractivity contribution in [1.29, 1.82) is 0 Å². The number of pyridine rings is 1. The number of hydrogen-bond acceptors (Lipinski definition) is 9. The molecule has 0 unspecified atom stereocenters. The number of sulfone groups is 1. The van der Waals surface area contributed by atoms with Gasteiger partial charge in [-0.3, -0.25) is 19.5 Å². The molecule has 0 radical (unpaired) electrons. The van der Waals surface area contributed by atoms with Crippen LogP contribution in [-0.4, -0.2) is 68.9 Å². The summed E-state index contributed by atoms with van der Waals surface area (Å²) in [4.78, 5) is 31.2. The maximum Gasteiger partial charge on any atom is 0.412 e. The maximum atomic E-state index is 15.7. The largest absolute Gasteiger partial charge is 0.453 e. The fourth-order valence-corrected chi connectivity index (χ4v) is 8.69. The average molecular weight is 841 g/mol. The molecule has 1 fully saturated rings. The fourth-order valence-electron chi connectivity index (χ4n) is 7.73. The van der Waals surface area contributed by atoms with Crippen molar-refractivity contribution < 1.29 is 45.4 Å². The molecule has 2 N–H and O–H groups in total. The minimum atomic E-state index is -3.56. The van der Waals surface area contributed by atoms with Gasteiger partial charge in [0.25, 0.3) is 5.92 Å². The van der Waals surface area contributed by atoms with E-state index in [0.29, 0.717) is 28.1 Å². The first-order valence-electron chi connectivity index (χ1n) is 18.0. The number of aryl methyl sites for hydroxylation is 1. The van der Waals surface area contributed by atoms with Crippen molar-refractivity contribution in [2.75, 3.05) is 18.7 Å². The Morgan fingerprint density at radius 1 is 1.12 bits per heavy atom. The number of anilines is 1. The molecule has 5 aromatic rings. The molecule has 3 atom stereocenters. The van der Waals surface area contributed by atoms with Gasteiger partial charge in [-0.05, 0) is 74.4 Å². The summed E-state index contributed by atoms with van der Waals surface area (Å²) in [7, 11) is -0.841. The van der Waals surface area contributed by atoms with E-state index in [2.05, 4.69) is 32.1 Å². The zero-order valence-electron chi connectivity index (χ0n) is 31.8. The minimum Gasteiger partial charge on any atom is -0.453 e. The fraction of sp³-hybridized carbons (Fsp3) is 0.375. The number of aliphatic hydroxyl groups is 1. The summed E-state index contributed by atoms with van der Waals surface area (Å²) in [5, 5.41) is 22.0. The molecule has 3 heterocycles. The number of methoxy groups -OCH3 is 1. The van der Waals surface area contributed by atoms with Crippen LogP contribution in [0.3, 0.4) is 0 Å². The molecule has 1 amide bonds. The molecule has 12 nitrogen and oxygen atoms in total. The van der Waals surface area contributed by atoms with E-state index in [9.17, 15) is 31.9 Å². The van der Waals surface area contributed by atoms with Crippen LogP contribution < -0.4 is 5.32 Å². The molecule has 7 rings (SSSR count). The van der Waals surface area contributed by atoms with Gasteiger partial charge in [-0.2, -0.15) is 19.0 Å². The van der Waals surface area contributed by atoms with Gasteiger partial charge in [-0.25, -0.2) is 27.0 Å². The molecule has 2 aliphatic carbocycles. The maximum absolute atomic E-state index is 15.7. The molecule has 0 bridgehead atoms. The smallest absolute Gasteiger partial charge is 0.412 e. The highest BCUT2D eigenvalue weighted by Crippen LogP contribution is 2.68. The number of ketones is 1. The van der Waals surface area contributed by atoms with E-state index >= 15 is 8.78 Å². The van der Waals surface area contributed by atoms with Gasteiger partial charge in [0.05, 0.1) is 34.8 Å². The van der Waals surface area contributed by atoms with Gasteiger partial charge < -0.3 is 9.84 Å². The summed E-state index contributed by atoms with van der Waals surface area (Å²) >= 11 is 6.65. The zero-order chi connectivity index (χ0) is 42.1. The molecular formula is C40H37ClF4N6O6S. The van der Waals surface area contributed by atoms with Crippen molar-refractivity contribution >= 4 is 50.0 Å². The van der Waals surface area contributed by atoms with Crippen LogP contribution in [0.15, 0.2) is 42.5 Å². The van der Waals surface area contributed by atoms with E-state index in [4.69, 9.17) is 16.6 Å². The molecular weight excluding hydrogens is 804 g/mol. The van der Waals surface area contributed by atoms with Crippen molar-refractivity contribution in [1.82, 2.24) is 24.5 Å². The lowest BCUT2D eigenvalue weighted by atomic mass is 9.86. The van der Waals surface area contributed by atoms with Crippen LogP contribution in [0, 0.1) is 29.4 Å².